The van der Waals surface area contributed by atoms with Gasteiger partial charge in [-0.2, -0.15) is 0 Å². The van der Waals surface area contributed by atoms with E-state index in [1.54, 1.807) is 0 Å². The van der Waals surface area contributed by atoms with Gasteiger partial charge in [0, 0.05) is 12.6 Å². The third-order valence-corrected chi connectivity index (χ3v) is 2.67. The molecule has 3 nitrogen and oxygen atoms in total. The number of aliphatic hydroxyl groups excluding tert-OH is 2. The predicted octanol–water partition coefficient (Wildman–Crippen LogP) is 1.47. The molecular formula is C13H21NO2. The second-order valence-electron chi connectivity index (χ2n) is 4.08. The van der Waals surface area contributed by atoms with Crippen LogP contribution < -0.4 is 5.32 Å². The predicted molar refractivity (Wildman–Crippen MR) is 65.2 cm³/mol. The van der Waals surface area contributed by atoms with E-state index in [-0.39, 0.29) is 19.3 Å². The highest BCUT2D eigenvalue weighted by molar-refractivity contribution is 5.18. The fraction of sp³-hybridized carbons (Fsp3) is 0.538. The Hall–Kier alpha value is -0.900. The second kappa shape index (κ2) is 7.39. The molecule has 0 amide bonds. The van der Waals surface area contributed by atoms with E-state index in [1.807, 2.05) is 30.3 Å². The lowest BCUT2D eigenvalue weighted by molar-refractivity contribution is 0.226. The number of hydrogen-bond donors (Lipinski definition) is 3. The fourth-order valence-electron chi connectivity index (χ4n) is 1.76. The Labute approximate surface area is 97.1 Å². The molecule has 0 fully saturated rings. The van der Waals surface area contributed by atoms with E-state index >= 15 is 0 Å². The van der Waals surface area contributed by atoms with Gasteiger partial charge in [0.2, 0.25) is 0 Å². The largest absolute Gasteiger partial charge is 0.396 e. The molecule has 0 saturated heterocycles. The highest BCUT2D eigenvalue weighted by atomic mass is 16.3. The molecule has 2 unspecified atom stereocenters. The Kier molecular flexibility index (Phi) is 6.08. The maximum absolute atomic E-state index is 9.34. The standard InChI is InChI=1S/C13H21NO2/c1-11(6-5-9-15)14-13(10-16)12-7-3-2-4-8-12/h2-4,7-8,11,13-16H,5-6,9-10H2,1H3. The van der Waals surface area contributed by atoms with E-state index < -0.39 is 0 Å². The summed E-state index contributed by atoms with van der Waals surface area (Å²) >= 11 is 0. The molecular weight excluding hydrogens is 202 g/mol. The van der Waals surface area contributed by atoms with E-state index in [9.17, 15) is 5.11 Å². The summed E-state index contributed by atoms with van der Waals surface area (Å²) in [6, 6.07) is 10.2. The smallest absolute Gasteiger partial charge is 0.0626 e. The number of nitrogens with one attached hydrogen (secondary N) is 1. The van der Waals surface area contributed by atoms with Gasteiger partial charge in [0.15, 0.2) is 0 Å². The number of hydrogen-bond acceptors (Lipinski definition) is 3. The average Bonchev–Trinajstić information content (AvgIpc) is 2.34. The summed E-state index contributed by atoms with van der Waals surface area (Å²) in [5.74, 6) is 0. The minimum atomic E-state index is -0.0186. The van der Waals surface area contributed by atoms with E-state index in [2.05, 4.69) is 12.2 Å². The molecule has 0 aliphatic rings. The van der Waals surface area contributed by atoms with Crippen LogP contribution in [0, 0.1) is 0 Å². The minimum absolute atomic E-state index is 0.0186. The molecule has 0 bridgehead atoms. The zero-order chi connectivity index (χ0) is 11.8. The summed E-state index contributed by atoms with van der Waals surface area (Å²) in [5, 5.41) is 21.4. The van der Waals surface area contributed by atoms with Gasteiger partial charge in [0.1, 0.15) is 0 Å². The van der Waals surface area contributed by atoms with E-state index in [0.29, 0.717) is 6.04 Å². The van der Waals surface area contributed by atoms with Crippen molar-refractivity contribution >= 4 is 0 Å². The van der Waals surface area contributed by atoms with E-state index in [1.165, 1.54) is 0 Å². The van der Waals surface area contributed by atoms with Gasteiger partial charge < -0.3 is 15.5 Å². The summed E-state index contributed by atoms with van der Waals surface area (Å²) in [6.45, 7) is 2.38. The molecule has 16 heavy (non-hydrogen) atoms. The first-order chi connectivity index (χ1) is 7.77. The van der Waals surface area contributed by atoms with Crippen molar-refractivity contribution < 1.29 is 10.2 Å². The van der Waals surface area contributed by atoms with Crippen LogP contribution in [0.3, 0.4) is 0 Å². The molecule has 0 radical (unpaired) electrons. The van der Waals surface area contributed by atoms with Crippen LogP contribution in [0.5, 0.6) is 0 Å². The van der Waals surface area contributed by atoms with Crippen LogP contribution in [0.25, 0.3) is 0 Å². The third kappa shape index (κ3) is 4.31. The van der Waals surface area contributed by atoms with E-state index in [4.69, 9.17) is 5.11 Å². The quantitative estimate of drug-likeness (QED) is 0.656. The average molecular weight is 223 g/mol. The van der Waals surface area contributed by atoms with Crippen LogP contribution in [0.1, 0.15) is 31.4 Å². The van der Waals surface area contributed by atoms with Crippen molar-refractivity contribution in [3.8, 4) is 0 Å². The summed E-state index contributed by atoms with van der Waals surface area (Å²) in [5.41, 5.74) is 1.10. The van der Waals surface area contributed by atoms with Gasteiger partial charge in [0.05, 0.1) is 12.6 Å². The molecule has 1 aromatic carbocycles. The number of benzene rings is 1. The van der Waals surface area contributed by atoms with Gasteiger partial charge in [-0.05, 0) is 25.3 Å². The van der Waals surface area contributed by atoms with Crippen molar-refractivity contribution in [2.45, 2.75) is 31.8 Å². The lowest BCUT2D eigenvalue weighted by Crippen LogP contribution is -2.32. The molecule has 2 atom stereocenters. The highest BCUT2D eigenvalue weighted by Crippen LogP contribution is 2.13. The first-order valence-electron chi connectivity index (χ1n) is 5.80. The molecule has 0 aromatic heterocycles. The van der Waals surface area contributed by atoms with Crippen LogP contribution in [-0.4, -0.2) is 29.5 Å². The van der Waals surface area contributed by atoms with Gasteiger partial charge in [-0.15, -0.1) is 0 Å². The Balaban J connectivity index is 2.49. The molecule has 0 aliphatic carbocycles. The Morgan fingerprint density at radius 2 is 1.88 bits per heavy atom. The van der Waals surface area contributed by atoms with Crippen LogP contribution >= 0.6 is 0 Å². The van der Waals surface area contributed by atoms with Crippen LogP contribution in [-0.2, 0) is 0 Å². The lowest BCUT2D eigenvalue weighted by Gasteiger charge is -2.21. The molecule has 0 saturated carbocycles. The Morgan fingerprint density at radius 3 is 2.44 bits per heavy atom. The Bertz CT molecular complexity index is 277. The monoisotopic (exact) mass is 223 g/mol. The number of rotatable bonds is 7. The molecule has 0 heterocycles. The van der Waals surface area contributed by atoms with Crippen molar-refractivity contribution in [2.24, 2.45) is 0 Å². The van der Waals surface area contributed by atoms with Crippen LogP contribution in [0.15, 0.2) is 30.3 Å². The van der Waals surface area contributed by atoms with Crippen molar-refractivity contribution in [3.63, 3.8) is 0 Å². The summed E-state index contributed by atoms with van der Waals surface area (Å²) in [4.78, 5) is 0. The second-order valence-corrected chi connectivity index (χ2v) is 4.08. The molecule has 0 spiro atoms. The van der Waals surface area contributed by atoms with Gasteiger partial charge in [-0.3, -0.25) is 0 Å². The minimum Gasteiger partial charge on any atom is -0.396 e. The Morgan fingerprint density at radius 1 is 1.19 bits per heavy atom. The van der Waals surface area contributed by atoms with Crippen molar-refractivity contribution in [1.82, 2.24) is 5.32 Å². The molecule has 3 N–H and O–H groups in total. The normalized spacial score (nSPS) is 14.7. The molecule has 0 aliphatic heterocycles. The van der Waals surface area contributed by atoms with Crippen LogP contribution in [0.4, 0.5) is 0 Å². The van der Waals surface area contributed by atoms with Gasteiger partial charge >= 0.3 is 0 Å². The first-order valence-corrected chi connectivity index (χ1v) is 5.80. The third-order valence-electron chi connectivity index (χ3n) is 2.67. The summed E-state index contributed by atoms with van der Waals surface area (Å²) < 4.78 is 0. The van der Waals surface area contributed by atoms with Crippen molar-refractivity contribution in [2.75, 3.05) is 13.2 Å². The van der Waals surface area contributed by atoms with Crippen LogP contribution in [0.2, 0.25) is 0 Å². The van der Waals surface area contributed by atoms with Crippen molar-refractivity contribution in [3.05, 3.63) is 35.9 Å². The van der Waals surface area contributed by atoms with Gasteiger partial charge in [0.25, 0.3) is 0 Å². The summed E-state index contributed by atoms with van der Waals surface area (Å²) in [7, 11) is 0. The van der Waals surface area contributed by atoms with E-state index in [0.717, 1.165) is 18.4 Å². The molecule has 1 aromatic rings. The topological polar surface area (TPSA) is 52.5 Å². The fourth-order valence-corrected chi connectivity index (χ4v) is 1.76. The molecule has 90 valence electrons. The lowest BCUT2D eigenvalue weighted by atomic mass is 10.1. The SMILES string of the molecule is CC(CCCO)NC(CO)c1ccccc1. The van der Waals surface area contributed by atoms with Gasteiger partial charge in [-0.1, -0.05) is 30.3 Å². The van der Waals surface area contributed by atoms with Gasteiger partial charge in [-0.25, -0.2) is 0 Å². The zero-order valence-electron chi connectivity index (χ0n) is 9.76. The highest BCUT2D eigenvalue weighted by Gasteiger charge is 2.12. The summed E-state index contributed by atoms with van der Waals surface area (Å²) in [6.07, 6.45) is 1.71. The number of aliphatic hydroxyl groups is 2. The molecule has 1 rings (SSSR count). The van der Waals surface area contributed by atoms with Crippen molar-refractivity contribution in [1.29, 1.82) is 0 Å². The zero-order valence-corrected chi connectivity index (χ0v) is 9.76. The maximum Gasteiger partial charge on any atom is 0.0626 e. The first kappa shape index (κ1) is 13.2. The molecule has 3 heteroatoms. The maximum atomic E-state index is 9.34.